The fraction of sp³-hybridized carbons (Fsp3) is 0.625. The van der Waals surface area contributed by atoms with E-state index in [1.165, 1.54) is 24.8 Å². The predicted octanol–water partition coefficient (Wildman–Crippen LogP) is 3.77. The molecule has 2 saturated carbocycles. The van der Waals surface area contributed by atoms with Crippen molar-refractivity contribution in [3.63, 3.8) is 0 Å². The maximum atomic E-state index is 12.6. The van der Waals surface area contributed by atoms with E-state index in [-0.39, 0.29) is 0 Å². The van der Waals surface area contributed by atoms with Crippen LogP contribution in [0.1, 0.15) is 44.1 Å². The minimum atomic E-state index is 0.384. The molecule has 1 aliphatic heterocycles. The minimum absolute atomic E-state index is 0.384. The number of benzene rings is 1. The maximum Gasteiger partial charge on any atom is 0.222 e. The molecule has 5 rings (SSSR count). The lowest BCUT2D eigenvalue weighted by Gasteiger charge is -2.30. The third-order valence-corrected chi connectivity index (χ3v) is 7.85. The molecule has 1 amide bonds. The summed E-state index contributed by atoms with van der Waals surface area (Å²) in [4.78, 5) is 14.8. The number of allylic oxidation sites excluding steroid dienone is 2. The molecule has 1 N–H and O–H groups in total. The van der Waals surface area contributed by atoms with Crippen molar-refractivity contribution in [2.45, 2.75) is 51.1 Å². The quantitative estimate of drug-likeness (QED) is 0.551. The number of amides is 1. The molecular weight excluding hydrogens is 348 g/mol. The first-order chi connectivity index (χ1) is 13.7. The van der Waals surface area contributed by atoms with Gasteiger partial charge in [0, 0.05) is 25.6 Å². The Bertz CT molecular complexity index is 770. The molecule has 0 radical (unpaired) electrons. The zero-order valence-electron chi connectivity index (χ0n) is 16.9. The summed E-state index contributed by atoms with van der Waals surface area (Å²) in [5.74, 6) is 3.54. The molecule has 4 unspecified atom stereocenters. The van der Waals surface area contributed by atoms with Crippen LogP contribution in [0.2, 0.25) is 0 Å². The Balaban J connectivity index is 1.12. The average Bonchev–Trinajstić information content (AvgIpc) is 3.27. The molecular formula is C24H32N2O2. The van der Waals surface area contributed by atoms with E-state index in [1.54, 1.807) is 7.11 Å². The predicted molar refractivity (Wildman–Crippen MR) is 110 cm³/mol. The Hall–Kier alpha value is -1.81. The van der Waals surface area contributed by atoms with Gasteiger partial charge in [-0.1, -0.05) is 24.3 Å². The van der Waals surface area contributed by atoms with Crippen LogP contribution in [0.4, 0.5) is 0 Å². The lowest BCUT2D eigenvalue weighted by Crippen LogP contribution is -2.39. The number of ether oxygens (including phenoxy) is 1. The fourth-order valence-corrected chi connectivity index (χ4v) is 6.21. The second kappa shape index (κ2) is 7.22. The highest BCUT2D eigenvalue weighted by Gasteiger charge is 2.62. The van der Waals surface area contributed by atoms with Crippen LogP contribution in [0.25, 0.3) is 0 Å². The number of likely N-dealkylation sites (tertiary alicyclic amines) is 1. The van der Waals surface area contributed by atoms with E-state index < -0.39 is 0 Å². The number of methoxy groups -OCH3 is 1. The first-order valence-corrected chi connectivity index (χ1v) is 11.0. The molecule has 1 aromatic carbocycles. The lowest BCUT2D eigenvalue weighted by atomic mass is 9.88. The van der Waals surface area contributed by atoms with Gasteiger partial charge in [0.2, 0.25) is 5.91 Å². The minimum Gasteiger partial charge on any atom is -0.497 e. The molecule has 4 nitrogen and oxygen atoms in total. The second-order valence-electron chi connectivity index (χ2n) is 9.30. The molecule has 4 heteroatoms. The Morgan fingerprint density at radius 2 is 2.18 bits per heavy atom. The van der Waals surface area contributed by atoms with Gasteiger partial charge in [-0.2, -0.15) is 0 Å². The standard InChI is InChI=1S/C24H32N2O2/c1-28-21-4-2-3-17(13-21)15-25-12-9-20-6-8-23(27)26(20)16-18-14-19-5-7-22(18)24(19)10-11-24/h2-5,7,13,18-20,22,25H,6,8-12,14-16H2,1H3. The van der Waals surface area contributed by atoms with Gasteiger partial charge in [0.25, 0.3) is 0 Å². The number of carbonyl (C=O) groups excluding carboxylic acids is 1. The summed E-state index contributed by atoms with van der Waals surface area (Å²) in [5, 5.41) is 3.55. The SMILES string of the molecule is COc1cccc(CNCCC2CCC(=O)N2CC2CC3C=CC2C32CC2)c1. The fourth-order valence-electron chi connectivity index (χ4n) is 6.21. The summed E-state index contributed by atoms with van der Waals surface area (Å²) in [6, 6.07) is 8.63. The van der Waals surface area contributed by atoms with Gasteiger partial charge >= 0.3 is 0 Å². The van der Waals surface area contributed by atoms with E-state index in [4.69, 9.17) is 4.74 Å². The summed E-state index contributed by atoms with van der Waals surface area (Å²) >= 11 is 0. The first-order valence-electron chi connectivity index (χ1n) is 11.0. The third kappa shape index (κ3) is 3.16. The molecule has 2 bridgehead atoms. The van der Waals surface area contributed by atoms with E-state index in [0.717, 1.165) is 56.5 Å². The molecule has 4 atom stereocenters. The summed E-state index contributed by atoms with van der Waals surface area (Å²) < 4.78 is 5.29. The van der Waals surface area contributed by atoms with E-state index >= 15 is 0 Å². The molecule has 1 heterocycles. The van der Waals surface area contributed by atoms with Gasteiger partial charge in [0.05, 0.1) is 7.11 Å². The Morgan fingerprint density at radius 1 is 1.29 bits per heavy atom. The number of hydrogen-bond acceptors (Lipinski definition) is 3. The van der Waals surface area contributed by atoms with Gasteiger partial charge in [-0.25, -0.2) is 0 Å². The van der Waals surface area contributed by atoms with E-state index in [9.17, 15) is 4.79 Å². The molecule has 3 aliphatic carbocycles. The summed E-state index contributed by atoms with van der Waals surface area (Å²) in [6.07, 6.45) is 11.9. The molecule has 150 valence electrons. The van der Waals surface area contributed by atoms with E-state index in [2.05, 4.69) is 34.5 Å². The Labute approximate surface area is 168 Å². The van der Waals surface area contributed by atoms with Gasteiger partial charge in [0.1, 0.15) is 5.75 Å². The van der Waals surface area contributed by atoms with Crippen LogP contribution in [0.3, 0.4) is 0 Å². The van der Waals surface area contributed by atoms with Crippen molar-refractivity contribution in [3.05, 3.63) is 42.0 Å². The van der Waals surface area contributed by atoms with E-state index in [1.807, 2.05) is 12.1 Å². The molecule has 1 saturated heterocycles. The largest absolute Gasteiger partial charge is 0.497 e. The Morgan fingerprint density at radius 3 is 2.96 bits per heavy atom. The van der Waals surface area contributed by atoms with Crippen molar-refractivity contribution < 1.29 is 9.53 Å². The van der Waals surface area contributed by atoms with Gasteiger partial charge in [-0.05, 0) is 79.5 Å². The molecule has 28 heavy (non-hydrogen) atoms. The third-order valence-electron chi connectivity index (χ3n) is 7.85. The van der Waals surface area contributed by atoms with Gasteiger partial charge in [-0.15, -0.1) is 0 Å². The van der Waals surface area contributed by atoms with Gasteiger partial charge < -0.3 is 15.0 Å². The number of hydrogen-bond donors (Lipinski definition) is 1. The van der Waals surface area contributed by atoms with Gasteiger partial charge in [-0.3, -0.25) is 4.79 Å². The van der Waals surface area contributed by atoms with Crippen LogP contribution in [0.15, 0.2) is 36.4 Å². The van der Waals surface area contributed by atoms with Crippen molar-refractivity contribution in [3.8, 4) is 5.75 Å². The first kappa shape index (κ1) is 18.2. The molecule has 1 aromatic rings. The number of carbonyl (C=O) groups is 1. The van der Waals surface area contributed by atoms with Crippen LogP contribution in [0.5, 0.6) is 5.75 Å². The van der Waals surface area contributed by atoms with Crippen molar-refractivity contribution in [2.75, 3.05) is 20.2 Å². The second-order valence-corrected chi connectivity index (χ2v) is 9.30. The highest BCUT2D eigenvalue weighted by atomic mass is 16.5. The van der Waals surface area contributed by atoms with Crippen molar-refractivity contribution in [1.82, 2.24) is 10.2 Å². The summed E-state index contributed by atoms with van der Waals surface area (Å²) in [6.45, 7) is 2.79. The number of nitrogens with one attached hydrogen (secondary N) is 1. The number of rotatable bonds is 8. The molecule has 4 aliphatic rings. The van der Waals surface area contributed by atoms with Gasteiger partial charge in [0.15, 0.2) is 0 Å². The van der Waals surface area contributed by atoms with Crippen LogP contribution in [0, 0.1) is 23.2 Å². The average molecular weight is 381 g/mol. The Kier molecular flexibility index (Phi) is 4.70. The number of nitrogens with zero attached hydrogens (tertiary/aromatic N) is 1. The highest BCUT2D eigenvalue weighted by molar-refractivity contribution is 5.78. The normalized spacial score (nSPS) is 31.9. The lowest BCUT2D eigenvalue weighted by molar-refractivity contribution is -0.129. The zero-order chi connectivity index (χ0) is 19.1. The van der Waals surface area contributed by atoms with E-state index in [0.29, 0.717) is 23.3 Å². The molecule has 1 spiro atoms. The smallest absolute Gasteiger partial charge is 0.222 e. The van der Waals surface area contributed by atoms with Crippen LogP contribution < -0.4 is 10.1 Å². The van der Waals surface area contributed by atoms with Crippen LogP contribution in [-0.4, -0.2) is 37.0 Å². The van der Waals surface area contributed by atoms with Crippen molar-refractivity contribution >= 4 is 5.91 Å². The summed E-state index contributed by atoms with van der Waals surface area (Å²) in [5.41, 5.74) is 1.86. The van der Waals surface area contributed by atoms with Crippen molar-refractivity contribution in [1.29, 1.82) is 0 Å². The highest BCUT2D eigenvalue weighted by Crippen LogP contribution is 2.70. The summed E-state index contributed by atoms with van der Waals surface area (Å²) in [7, 11) is 1.70. The van der Waals surface area contributed by atoms with Crippen molar-refractivity contribution in [2.24, 2.45) is 23.2 Å². The van der Waals surface area contributed by atoms with Crippen LogP contribution >= 0.6 is 0 Å². The molecule has 0 aromatic heterocycles. The maximum absolute atomic E-state index is 12.6. The zero-order valence-corrected chi connectivity index (χ0v) is 16.9. The van der Waals surface area contributed by atoms with Crippen LogP contribution in [-0.2, 0) is 11.3 Å². The topological polar surface area (TPSA) is 41.6 Å². The monoisotopic (exact) mass is 380 g/mol. The molecule has 3 fully saturated rings.